The van der Waals surface area contributed by atoms with Crippen molar-refractivity contribution in [2.75, 3.05) is 0 Å². The van der Waals surface area contributed by atoms with Gasteiger partial charge >= 0.3 is 0 Å². The lowest BCUT2D eigenvalue weighted by Crippen LogP contribution is -2.02. The van der Waals surface area contributed by atoms with E-state index < -0.39 is 45.9 Å². The number of nitrogens with zero attached hydrogens (tertiary/aromatic N) is 1. The van der Waals surface area contributed by atoms with Gasteiger partial charge in [-0.3, -0.25) is 0 Å². The van der Waals surface area contributed by atoms with Crippen LogP contribution in [0.25, 0.3) is 10.8 Å². The summed E-state index contributed by atoms with van der Waals surface area (Å²) in [6, 6.07) is 0.207. The minimum atomic E-state index is -2.00. The first-order valence-electron chi connectivity index (χ1n) is 3.91. The average Bonchev–Trinajstić information content (AvgIpc) is 2.22. The van der Waals surface area contributed by atoms with E-state index in [1.165, 1.54) is 0 Å². The Kier molecular flexibility index (Phi) is 2.25. The molecule has 2 rings (SSSR count). The number of aromatic nitrogens is 1. The summed E-state index contributed by atoms with van der Waals surface area (Å²) in [5.41, 5.74) is 0. The van der Waals surface area contributed by atoms with Crippen LogP contribution < -0.4 is 0 Å². The minimum absolute atomic E-state index is 0.207. The molecule has 0 aliphatic heterocycles. The fraction of sp³-hybridized carbons (Fsp3) is 0. The van der Waals surface area contributed by atoms with Crippen LogP contribution in [0.2, 0.25) is 0 Å². The molecule has 7 heteroatoms. The van der Waals surface area contributed by atoms with Crippen molar-refractivity contribution in [3.63, 3.8) is 0 Å². The van der Waals surface area contributed by atoms with Gasteiger partial charge < -0.3 is 0 Å². The SMILES string of the molecule is Fc1cc2c(F)nc(F)c(F)c2c(F)c1F. The third kappa shape index (κ3) is 1.31. The van der Waals surface area contributed by atoms with E-state index in [2.05, 4.69) is 4.98 Å². The molecular weight excluding hydrogens is 236 g/mol. The molecule has 0 saturated heterocycles. The van der Waals surface area contributed by atoms with Gasteiger partial charge in [0.25, 0.3) is 5.95 Å². The highest BCUT2D eigenvalue weighted by Crippen LogP contribution is 2.27. The van der Waals surface area contributed by atoms with Crippen LogP contribution in [0, 0.1) is 35.2 Å². The maximum Gasteiger partial charge on any atom is 0.252 e. The molecular formula is C9HF6N. The second kappa shape index (κ2) is 3.36. The van der Waals surface area contributed by atoms with Crippen LogP contribution in [0.4, 0.5) is 26.3 Å². The van der Waals surface area contributed by atoms with E-state index in [4.69, 9.17) is 0 Å². The molecule has 0 bridgehead atoms. The number of pyridine rings is 1. The standard InChI is InChI=1S/C9HF6N/c10-3-1-2-4(6(12)5(3)11)7(13)9(15)16-8(2)14/h1H. The molecule has 1 heterocycles. The highest BCUT2D eigenvalue weighted by Gasteiger charge is 2.22. The summed E-state index contributed by atoms with van der Waals surface area (Å²) in [5, 5.41) is -2.26. The predicted molar refractivity (Wildman–Crippen MR) is 41.5 cm³/mol. The zero-order valence-electron chi connectivity index (χ0n) is 7.29. The number of fused-ring (bicyclic) bond motifs is 1. The molecule has 0 amide bonds. The van der Waals surface area contributed by atoms with Crippen molar-refractivity contribution in [2.45, 2.75) is 0 Å². The Hall–Kier alpha value is -1.79. The van der Waals surface area contributed by atoms with Gasteiger partial charge in [-0.15, -0.1) is 0 Å². The summed E-state index contributed by atoms with van der Waals surface area (Å²) in [6.07, 6.45) is 0. The molecule has 0 spiro atoms. The lowest BCUT2D eigenvalue weighted by Gasteiger charge is -2.04. The van der Waals surface area contributed by atoms with E-state index in [9.17, 15) is 26.3 Å². The normalized spacial score (nSPS) is 11.1. The topological polar surface area (TPSA) is 12.9 Å². The second-order valence-corrected chi connectivity index (χ2v) is 2.92. The molecule has 0 atom stereocenters. The lowest BCUT2D eigenvalue weighted by molar-refractivity contribution is 0.435. The number of hydrogen-bond donors (Lipinski definition) is 0. The first kappa shape index (κ1) is 10.7. The van der Waals surface area contributed by atoms with Crippen LogP contribution in [0.5, 0.6) is 0 Å². The van der Waals surface area contributed by atoms with Gasteiger partial charge in [-0.1, -0.05) is 0 Å². The molecule has 0 aliphatic rings. The Morgan fingerprint density at radius 1 is 0.750 bits per heavy atom. The molecule has 0 fully saturated rings. The van der Waals surface area contributed by atoms with Gasteiger partial charge in [0, 0.05) is 5.39 Å². The van der Waals surface area contributed by atoms with Crippen LogP contribution in [-0.4, -0.2) is 4.98 Å². The fourth-order valence-corrected chi connectivity index (χ4v) is 1.27. The zero-order valence-corrected chi connectivity index (χ0v) is 7.29. The highest BCUT2D eigenvalue weighted by atomic mass is 19.2. The third-order valence-corrected chi connectivity index (χ3v) is 1.98. The number of benzene rings is 1. The number of rotatable bonds is 0. The van der Waals surface area contributed by atoms with E-state index in [1.807, 2.05) is 0 Å². The second-order valence-electron chi connectivity index (χ2n) is 2.92. The first-order chi connectivity index (χ1) is 7.43. The molecule has 0 unspecified atom stereocenters. The van der Waals surface area contributed by atoms with Gasteiger partial charge in [0.1, 0.15) is 0 Å². The number of hydrogen-bond acceptors (Lipinski definition) is 1. The first-order valence-corrected chi connectivity index (χ1v) is 3.91. The quantitative estimate of drug-likeness (QED) is 0.390. The van der Waals surface area contributed by atoms with Crippen LogP contribution in [0.1, 0.15) is 0 Å². The number of halogens is 6. The maximum absolute atomic E-state index is 13.1. The van der Waals surface area contributed by atoms with Crippen molar-refractivity contribution in [1.82, 2.24) is 4.98 Å². The van der Waals surface area contributed by atoms with Crippen LogP contribution >= 0.6 is 0 Å². The molecule has 0 N–H and O–H groups in total. The summed E-state index contributed by atoms with van der Waals surface area (Å²) in [5.74, 6) is -11.1. The van der Waals surface area contributed by atoms with Gasteiger partial charge in [0.2, 0.25) is 5.95 Å². The summed E-state index contributed by atoms with van der Waals surface area (Å²) < 4.78 is 77.1. The molecule has 1 nitrogen and oxygen atoms in total. The van der Waals surface area contributed by atoms with Gasteiger partial charge in [-0.2, -0.15) is 13.8 Å². The maximum atomic E-state index is 13.1. The van der Waals surface area contributed by atoms with Crippen LogP contribution in [0.15, 0.2) is 6.07 Å². The van der Waals surface area contributed by atoms with Gasteiger partial charge in [-0.25, -0.2) is 17.6 Å². The summed E-state index contributed by atoms with van der Waals surface area (Å²) in [7, 11) is 0. The fourth-order valence-electron chi connectivity index (χ4n) is 1.27. The Morgan fingerprint density at radius 2 is 1.38 bits per heavy atom. The third-order valence-electron chi connectivity index (χ3n) is 1.98. The van der Waals surface area contributed by atoms with E-state index in [-0.39, 0.29) is 6.07 Å². The Balaban J connectivity index is 3.07. The lowest BCUT2D eigenvalue weighted by atomic mass is 10.1. The molecule has 1 aromatic carbocycles. The van der Waals surface area contributed by atoms with Crippen molar-refractivity contribution in [3.8, 4) is 0 Å². The zero-order chi connectivity index (χ0) is 12.0. The molecule has 1 aromatic heterocycles. The van der Waals surface area contributed by atoms with Crippen molar-refractivity contribution in [3.05, 3.63) is 41.2 Å². The smallest absolute Gasteiger partial charge is 0.204 e. The Bertz CT molecular complexity index is 595. The summed E-state index contributed by atoms with van der Waals surface area (Å²) in [4.78, 5) is 2.45. The van der Waals surface area contributed by atoms with E-state index in [1.54, 1.807) is 0 Å². The molecule has 0 saturated carbocycles. The van der Waals surface area contributed by atoms with E-state index in [0.29, 0.717) is 0 Å². The minimum Gasteiger partial charge on any atom is -0.204 e. The monoisotopic (exact) mass is 237 g/mol. The van der Waals surface area contributed by atoms with Crippen molar-refractivity contribution in [2.24, 2.45) is 0 Å². The van der Waals surface area contributed by atoms with Crippen molar-refractivity contribution < 1.29 is 26.3 Å². The van der Waals surface area contributed by atoms with Crippen molar-refractivity contribution >= 4 is 10.8 Å². The molecule has 2 aromatic rings. The van der Waals surface area contributed by atoms with Gasteiger partial charge in [0.05, 0.1) is 5.39 Å². The molecule has 0 aliphatic carbocycles. The van der Waals surface area contributed by atoms with E-state index in [0.717, 1.165) is 0 Å². The predicted octanol–water partition coefficient (Wildman–Crippen LogP) is 3.07. The largest absolute Gasteiger partial charge is 0.252 e. The summed E-state index contributed by atoms with van der Waals surface area (Å²) in [6.45, 7) is 0. The van der Waals surface area contributed by atoms with Gasteiger partial charge in [0.15, 0.2) is 23.3 Å². The summed E-state index contributed by atoms with van der Waals surface area (Å²) >= 11 is 0. The van der Waals surface area contributed by atoms with Crippen LogP contribution in [0.3, 0.4) is 0 Å². The Labute approximate surface area is 84.3 Å². The van der Waals surface area contributed by atoms with E-state index >= 15 is 0 Å². The Morgan fingerprint density at radius 3 is 2.00 bits per heavy atom. The molecule has 16 heavy (non-hydrogen) atoms. The van der Waals surface area contributed by atoms with Crippen molar-refractivity contribution in [1.29, 1.82) is 0 Å². The molecule has 84 valence electrons. The molecule has 0 radical (unpaired) electrons. The highest BCUT2D eigenvalue weighted by molar-refractivity contribution is 5.83. The van der Waals surface area contributed by atoms with Crippen LogP contribution in [-0.2, 0) is 0 Å². The van der Waals surface area contributed by atoms with Gasteiger partial charge in [-0.05, 0) is 6.07 Å². The average molecular weight is 237 g/mol.